The summed E-state index contributed by atoms with van der Waals surface area (Å²) in [7, 11) is 0. The van der Waals surface area contributed by atoms with Crippen molar-refractivity contribution in [2.75, 3.05) is 0 Å². The molecule has 15 fully saturated rings. The molecule has 0 spiro atoms. The molecule has 13 saturated carbocycles. The molecule has 0 radical (unpaired) electrons. The molecule has 2 aliphatic heterocycles. The second-order valence-electron chi connectivity index (χ2n) is 26.6. The highest BCUT2D eigenvalue weighted by atomic mass is 16.6. The Hall–Kier alpha value is -0.0800. The number of rotatable bonds is 3. The van der Waals surface area contributed by atoms with Crippen LogP contribution >= 0.6 is 0 Å². The van der Waals surface area contributed by atoms with Crippen molar-refractivity contribution in [3.05, 3.63) is 0 Å². The summed E-state index contributed by atoms with van der Waals surface area (Å²) in [5.41, 5.74) is 0. The minimum atomic E-state index is 0. The van der Waals surface area contributed by atoms with Gasteiger partial charge in [0.05, 0.1) is 24.4 Å². The molecule has 2 nitrogen and oxygen atoms in total. The lowest BCUT2D eigenvalue weighted by Gasteiger charge is -2.18. The molecule has 372 valence electrons. The smallest absolute Gasteiger partial charge is 0.0844 e. The van der Waals surface area contributed by atoms with E-state index in [1.165, 1.54) is 167 Å². The predicted molar refractivity (Wildman–Crippen MR) is 275 cm³/mol. The molecule has 21 atom stereocenters. The number of ether oxygens (including phenoxy) is 2. The zero-order chi connectivity index (χ0) is 42.9. The Kier molecular flexibility index (Phi) is 19.2. The SMILES string of the molecule is C.C.CC1CC2CC1C1CC21.CC1CC2CC2C1.CC1CCC2OC2C1.CC1CCCC2CC2CC1.CCC1CC2OC2C1.CCC1CCC2CC2C1.CCC1CCCC2CC2CC1. The van der Waals surface area contributed by atoms with Crippen LogP contribution in [-0.4, -0.2) is 24.4 Å². The molecule has 0 N–H and O–H groups in total. The van der Waals surface area contributed by atoms with Crippen LogP contribution in [0.2, 0.25) is 0 Å². The van der Waals surface area contributed by atoms with Crippen molar-refractivity contribution < 1.29 is 9.47 Å². The third kappa shape index (κ3) is 15.0. The summed E-state index contributed by atoms with van der Waals surface area (Å²) >= 11 is 0. The lowest BCUT2D eigenvalue weighted by Crippen LogP contribution is -2.09. The number of hydrogen-bond acceptors (Lipinski definition) is 2. The van der Waals surface area contributed by atoms with Gasteiger partial charge in [0.1, 0.15) is 0 Å². The fraction of sp³-hybridized carbons (Fsp3) is 1.00. The Morgan fingerprint density at radius 2 is 0.812 bits per heavy atom. The first-order valence-electron chi connectivity index (χ1n) is 29.4. The zero-order valence-corrected chi connectivity index (χ0v) is 42.3. The first-order chi connectivity index (χ1) is 30.1. The van der Waals surface area contributed by atoms with Crippen LogP contribution in [0.25, 0.3) is 0 Å². The topological polar surface area (TPSA) is 25.1 Å². The second kappa shape index (κ2) is 23.7. The first kappa shape index (κ1) is 51.8. The quantitative estimate of drug-likeness (QED) is 0.264. The second-order valence-corrected chi connectivity index (χ2v) is 26.6. The molecule has 0 aromatic heterocycles. The van der Waals surface area contributed by atoms with E-state index in [-0.39, 0.29) is 14.9 Å². The van der Waals surface area contributed by atoms with Gasteiger partial charge in [0.2, 0.25) is 0 Å². The normalized spacial score (nSPS) is 50.6. The Bertz CT molecular complexity index is 1330. The Morgan fingerprint density at radius 1 is 0.297 bits per heavy atom. The third-order valence-corrected chi connectivity index (χ3v) is 21.5. The van der Waals surface area contributed by atoms with Gasteiger partial charge < -0.3 is 9.47 Å². The molecular weight excluding hydrogens is 777 g/mol. The lowest BCUT2D eigenvalue weighted by molar-refractivity contribution is 0.269. The number of epoxide rings is 2. The van der Waals surface area contributed by atoms with Crippen LogP contribution < -0.4 is 0 Å². The van der Waals surface area contributed by atoms with Gasteiger partial charge in [-0.05, 0) is 228 Å². The minimum absolute atomic E-state index is 0. The van der Waals surface area contributed by atoms with Crippen molar-refractivity contribution in [2.45, 2.75) is 280 Å². The van der Waals surface area contributed by atoms with Crippen molar-refractivity contribution in [2.24, 2.45) is 112 Å². The molecule has 15 rings (SSSR count). The lowest BCUT2D eigenvalue weighted by atomic mass is 9.88. The highest BCUT2D eigenvalue weighted by Gasteiger charge is 2.59. The van der Waals surface area contributed by atoms with Gasteiger partial charge in [-0.2, -0.15) is 0 Å². The monoisotopic (exact) mass is 889 g/mol. The van der Waals surface area contributed by atoms with E-state index in [1.54, 1.807) is 96.3 Å². The molecule has 21 unspecified atom stereocenters. The van der Waals surface area contributed by atoms with E-state index < -0.39 is 0 Å². The maximum atomic E-state index is 5.35. The molecule has 0 aromatic carbocycles. The predicted octanol–water partition coefficient (Wildman–Crippen LogP) is 18.4. The molecule has 0 aromatic rings. The molecular formula is C62H112O2. The Labute approximate surface area is 400 Å². The summed E-state index contributed by atoms with van der Waals surface area (Å²) < 4.78 is 10.6. The van der Waals surface area contributed by atoms with Crippen LogP contribution in [0.4, 0.5) is 0 Å². The molecule has 2 heterocycles. The van der Waals surface area contributed by atoms with E-state index in [9.17, 15) is 0 Å². The van der Waals surface area contributed by atoms with Gasteiger partial charge in [0, 0.05) is 0 Å². The molecule has 2 saturated heterocycles. The number of hydrogen-bond donors (Lipinski definition) is 0. The van der Waals surface area contributed by atoms with E-state index >= 15 is 0 Å². The van der Waals surface area contributed by atoms with E-state index in [0.29, 0.717) is 24.4 Å². The summed E-state index contributed by atoms with van der Waals surface area (Å²) in [5.74, 6) is 21.6. The van der Waals surface area contributed by atoms with Crippen molar-refractivity contribution in [1.29, 1.82) is 0 Å². The molecule has 0 amide bonds. The van der Waals surface area contributed by atoms with E-state index in [4.69, 9.17) is 9.47 Å². The maximum absolute atomic E-state index is 5.35. The Balaban J connectivity index is 0.000000111. The molecule has 2 heteroatoms. The molecule has 2 bridgehead atoms. The van der Waals surface area contributed by atoms with Crippen LogP contribution in [0.5, 0.6) is 0 Å². The minimum Gasteiger partial charge on any atom is -0.370 e. The summed E-state index contributed by atoms with van der Waals surface area (Å²) in [4.78, 5) is 0. The van der Waals surface area contributed by atoms with Gasteiger partial charge in [-0.25, -0.2) is 0 Å². The summed E-state index contributed by atoms with van der Waals surface area (Å²) in [6.45, 7) is 16.5. The van der Waals surface area contributed by atoms with Gasteiger partial charge in [-0.3, -0.25) is 0 Å². The van der Waals surface area contributed by atoms with E-state index in [0.717, 1.165) is 41.4 Å². The first-order valence-corrected chi connectivity index (χ1v) is 29.4. The maximum Gasteiger partial charge on any atom is 0.0844 e. The highest BCUT2D eigenvalue weighted by Crippen LogP contribution is 2.67. The van der Waals surface area contributed by atoms with Gasteiger partial charge in [0.25, 0.3) is 0 Å². The fourth-order valence-corrected chi connectivity index (χ4v) is 16.2. The fourth-order valence-electron chi connectivity index (χ4n) is 16.2. The molecule has 15 aliphatic rings. The van der Waals surface area contributed by atoms with Gasteiger partial charge in [-0.1, -0.05) is 140 Å². The van der Waals surface area contributed by atoms with Crippen molar-refractivity contribution in [3.63, 3.8) is 0 Å². The van der Waals surface area contributed by atoms with Crippen molar-refractivity contribution in [3.8, 4) is 0 Å². The van der Waals surface area contributed by atoms with E-state index in [1.807, 2.05) is 0 Å². The van der Waals surface area contributed by atoms with Crippen LogP contribution in [0, 0.1) is 112 Å². The standard InChI is InChI=1S/C11H20.C10H18.C9H14.C9H16.2C7H12O.C7H12.2CH4/c1-2-9-4-3-5-10-8-11(10)7-6-9;1-8-3-2-4-9-7-10(9)6-5-8;1-5-2-6-3-7(5)9-4-8(6)9;1-2-7-3-4-8-6-9(8)5-7;1-5-2-3-6-7(4-5)8-6;1-2-5-3-6-7(4-5)8-6;1-5-2-6-4-7(6)3-5;;/h9-11H,2-8H2,1H3;8-10H,2-7H2,1H3;5-9H,2-4H2,1H3;7-9H,2-6H2,1H3;2*5-7H,2-4H2,1H3;5-7H,2-4H2,1H3;2*1H4. The van der Waals surface area contributed by atoms with Gasteiger partial charge in [0.15, 0.2) is 0 Å². The van der Waals surface area contributed by atoms with Crippen molar-refractivity contribution in [1.82, 2.24) is 0 Å². The largest absolute Gasteiger partial charge is 0.370 e. The zero-order valence-electron chi connectivity index (χ0n) is 42.3. The van der Waals surface area contributed by atoms with E-state index in [2.05, 4.69) is 48.5 Å². The molecule has 64 heavy (non-hydrogen) atoms. The van der Waals surface area contributed by atoms with Crippen LogP contribution in [0.3, 0.4) is 0 Å². The van der Waals surface area contributed by atoms with Crippen LogP contribution in [-0.2, 0) is 9.47 Å². The van der Waals surface area contributed by atoms with Crippen molar-refractivity contribution >= 4 is 0 Å². The Morgan fingerprint density at radius 3 is 1.36 bits per heavy atom. The van der Waals surface area contributed by atoms with Gasteiger partial charge >= 0.3 is 0 Å². The average molecular weight is 890 g/mol. The summed E-state index contributed by atoms with van der Waals surface area (Å²) in [6, 6.07) is 0. The molecule has 13 aliphatic carbocycles. The van der Waals surface area contributed by atoms with Gasteiger partial charge in [-0.15, -0.1) is 0 Å². The number of fused-ring (bicyclic) bond motifs is 11. The highest BCUT2D eigenvalue weighted by molar-refractivity contribution is 5.08. The summed E-state index contributed by atoms with van der Waals surface area (Å²) in [5, 5.41) is 0. The average Bonchev–Trinajstić information content (AvgIpc) is 4.02. The van der Waals surface area contributed by atoms with Crippen LogP contribution in [0.1, 0.15) is 256 Å². The summed E-state index contributed by atoms with van der Waals surface area (Å²) in [6.07, 6.45) is 47.9. The van der Waals surface area contributed by atoms with Crippen LogP contribution in [0.15, 0.2) is 0 Å². The third-order valence-electron chi connectivity index (χ3n) is 21.5.